The van der Waals surface area contributed by atoms with Crippen molar-refractivity contribution in [1.29, 1.82) is 0 Å². The molecular formula is C28H27N5OS3. The van der Waals surface area contributed by atoms with Gasteiger partial charge in [-0.05, 0) is 50.5 Å². The van der Waals surface area contributed by atoms with Gasteiger partial charge in [0.05, 0.1) is 11.4 Å². The highest BCUT2D eigenvalue weighted by atomic mass is 32.2. The summed E-state index contributed by atoms with van der Waals surface area (Å²) in [7, 11) is 0. The molecule has 0 saturated heterocycles. The van der Waals surface area contributed by atoms with Crippen LogP contribution in [0.5, 0.6) is 0 Å². The number of aryl methyl sites for hydroxylation is 3. The Labute approximate surface area is 228 Å². The maximum Gasteiger partial charge on any atom is 0.236 e. The van der Waals surface area contributed by atoms with Crippen LogP contribution in [0.3, 0.4) is 0 Å². The molecule has 9 heteroatoms. The molecule has 0 unspecified atom stereocenters. The van der Waals surface area contributed by atoms with Crippen LogP contribution >= 0.6 is 34.4 Å². The smallest absolute Gasteiger partial charge is 0.236 e. The Bertz CT molecular complexity index is 1550. The number of nitrogens with one attached hydrogen (secondary N) is 1. The fourth-order valence-electron chi connectivity index (χ4n) is 4.11. The van der Waals surface area contributed by atoms with Crippen LogP contribution in [-0.2, 0) is 11.3 Å². The van der Waals surface area contributed by atoms with Gasteiger partial charge in [-0.25, -0.2) is 4.98 Å². The molecule has 6 nitrogen and oxygen atoms in total. The van der Waals surface area contributed by atoms with Gasteiger partial charge in [-0.2, -0.15) is 0 Å². The Morgan fingerprint density at radius 1 is 0.973 bits per heavy atom. The van der Waals surface area contributed by atoms with Gasteiger partial charge in [0.2, 0.25) is 5.91 Å². The van der Waals surface area contributed by atoms with E-state index in [0.717, 1.165) is 27.8 Å². The maximum atomic E-state index is 12.7. The molecule has 0 spiro atoms. The van der Waals surface area contributed by atoms with E-state index in [1.807, 2.05) is 23.6 Å². The first-order valence-electron chi connectivity index (χ1n) is 12.0. The van der Waals surface area contributed by atoms with Gasteiger partial charge in [0.1, 0.15) is 0 Å². The van der Waals surface area contributed by atoms with Crippen molar-refractivity contribution in [2.45, 2.75) is 39.4 Å². The van der Waals surface area contributed by atoms with Gasteiger partial charge < -0.3 is 9.88 Å². The first kappa shape index (κ1) is 25.4. The average Bonchev–Trinajstić information content (AvgIpc) is 3.63. The summed E-state index contributed by atoms with van der Waals surface area (Å²) in [6.07, 6.45) is 0. The number of thiophene rings is 1. The average molecular weight is 546 g/mol. The molecule has 2 aromatic carbocycles. The highest BCUT2D eigenvalue weighted by Crippen LogP contribution is 2.39. The number of aromatic nitrogens is 4. The van der Waals surface area contributed by atoms with E-state index in [2.05, 4.69) is 88.5 Å². The van der Waals surface area contributed by atoms with E-state index in [0.29, 0.717) is 11.7 Å². The minimum absolute atomic E-state index is 0.116. The molecule has 0 aliphatic carbocycles. The predicted molar refractivity (Wildman–Crippen MR) is 156 cm³/mol. The summed E-state index contributed by atoms with van der Waals surface area (Å²) in [5, 5.41) is 17.3. The van der Waals surface area contributed by atoms with Crippen molar-refractivity contribution in [3.05, 3.63) is 75.3 Å². The molecule has 0 fully saturated rings. The summed E-state index contributed by atoms with van der Waals surface area (Å²) in [5.74, 6) is 0.936. The standard InChI is InChI=1S/C28H27N5OS3/c1-5-33-26(22-14-35-19(4)25(22)20-9-7-6-8-10-20)31-32-28(33)37-16-24(34)30-27-29-23(15-36-27)21-12-11-17(2)18(3)13-21/h6-15H,5,16H2,1-4H3,(H,29,30,34). The maximum absolute atomic E-state index is 12.7. The van der Waals surface area contributed by atoms with Crippen molar-refractivity contribution in [1.82, 2.24) is 19.7 Å². The summed E-state index contributed by atoms with van der Waals surface area (Å²) in [6, 6.07) is 16.6. The summed E-state index contributed by atoms with van der Waals surface area (Å²) < 4.78 is 2.08. The summed E-state index contributed by atoms with van der Waals surface area (Å²) in [4.78, 5) is 18.6. The number of nitrogens with zero attached hydrogens (tertiary/aromatic N) is 4. The molecule has 0 saturated carbocycles. The molecule has 0 radical (unpaired) electrons. The lowest BCUT2D eigenvalue weighted by molar-refractivity contribution is -0.113. The van der Waals surface area contributed by atoms with E-state index in [4.69, 9.17) is 0 Å². The number of anilines is 1. The van der Waals surface area contributed by atoms with Gasteiger partial charge in [0.25, 0.3) is 0 Å². The summed E-state index contributed by atoms with van der Waals surface area (Å²) in [5.41, 5.74) is 7.81. The molecule has 3 heterocycles. The fraction of sp³-hybridized carbons (Fsp3) is 0.214. The SMILES string of the molecule is CCn1c(SCC(=O)Nc2nc(-c3ccc(C)c(C)c3)cs2)nnc1-c1csc(C)c1-c1ccccc1. The van der Waals surface area contributed by atoms with E-state index < -0.39 is 0 Å². The molecule has 1 N–H and O–H groups in total. The minimum atomic E-state index is -0.116. The lowest BCUT2D eigenvalue weighted by atomic mass is 10.0. The highest BCUT2D eigenvalue weighted by molar-refractivity contribution is 7.99. The number of carbonyl (C=O) groups excluding carboxylic acids is 1. The zero-order valence-electron chi connectivity index (χ0n) is 21.1. The number of thiazole rings is 1. The van der Waals surface area contributed by atoms with Gasteiger partial charge >= 0.3 is 0 Å². The number of carbonyl (C=O) groups is 1. The molecule has 0 bridgehead atoms. The van der Waals surface area contributed by atoms with Crippen molar-refractivity contribution in [3.63, 3.8) is 0 Å². The molecule has 37 heavy (non-hydrogen) atoms. The fourth-order valence-corrected chi connectivity index (χ4v) is 6.51. The van der Waals surface area contributed by atoms with Gasteiger partial charge in [-0.15, -0.1) is 32.9 Å². The number of amides is 1. The van der Waals surface area contributed by atoms with Crippen LogP contribution in [0.1, 0.15) is 22.9 Å². The van der Waals surface area contributed by atoms with E-state index in [-0.39, 0.29) is 11.7 Å². The molecule has 0 aliphatic rings. The van der Waals surface area contributed by atoms with Crippen molar-refractivity contribution < 1.29 is 4.79 Å². The van der Waals surface area contributed by atoms with Crippen molar-refractivity contribution in [2.24, 2.45) is 0 Å². The lowest BCUT2D eigenvalue weighted by Gasteiger charge is -2.09. The van der Waals surface area contributed by atoms with Crippen LogP contribution in [-0.4, -0.2) is 31.4 Å². The zero-order chi connectivity index (χ0) is 25.9. The molecule has 0 atom stereocenters. The van der Waals surface area contributed by atoms with E-state index >= 15 is 0 Å². The molecule has 0 aliphatic heterocycles. The molecule has 3 aromatic heterocycles. The topological polar surface area (TPSA) is 72.7 Å². The van der Waals surface area contributed by atoms with Crippen molar-refractivity contribution in [2.75, 3.05) is 11.1 Å². The monoisotopic (exact) mass is 545 g/mol. The van der Waals surface area contributed by atoms with Crippen LogP contribution in [0.15, 0.2) is 64.4 Å². The first-order chi connectivity index (χ1) is 17.9. The molecule has 1 amide bonds. The third-order valence-electron chi connectivity index (χ3n) is 6.20. The van der Waals surface area contributed by atoms with E-state index in [1.165, 1.54) is 50.2 Å². The summed E-state index contributed by atoms with van der Waals surface area (Å²) in [6.45, 7) is 9.10. The van der Waals surface area contributed by atoms with Crippen molar-refractivity contribution in [3.8, 4) is 33.8 Å². The van der Waals surface area contributed by atoms with Gasteiger partial charge in [-0.1, -0.05) is 54.2 Å². The van der Waals surface area contributed by atoms with Crippen LogP contribution in [0, 0.1) is 20.8 Å². The highest BCUT2D eigenvalue weighted by Gasteiger charge is 2.20. The van der Waals surface area contributed by atoms with Gasteiger partial charge in [-0.3, -0.25) is 4.79 Å². The van der Waals surface area contributed by atoms with Crippen molar-refractivity contribution >= 4 is 45.5 Å². The number of rotatable bonds is 8. The second-order valence-electron chi connectivity index (χ2n) is 8.67. The summed E-state index contributed by atoms with van der Waals surface area (Å²) >= 11 is 4.53. The Morgan fingerprint density at radius 2 is 1.78 bits per heavy atom. The number of benzene rings is 2. The van der Waals surface area contributed by atoms with Crippen LogP contribution in [0.4, 0.5) is 5.13 Å². The third-order valence-corrected chi connectivity index (χ3v) is 8.83. The van der Waals surface area contributed by atoms with E-state index in [9.17, 15) is 4.79 Å². The van der Waals surface area contributed by atoms with Crippen LogP contribution in [0.25, 0.3) is 33.8 Å². The van der Waals surface area contributed by atoms with Crippen LogP contribution in [0.2, 0.25) is 0 Å². The van der Waals surface area contributed by atoms with E-state index in [1.54, 1.807) is 11.3 Å². The first-order valence-corrected chi connectivity index (χ1v) is 14.7. The Morgan fingerprint density at radius 3 is 2.54 bits per heavy atom. The zero-order valence-corrected chi connectivity index (χ0v) is 23.6. The molecule has 5 aromatic rings. The largest absolute Gasteiger partial charge is 0.302 e. The Kier molecular flexibility index (Phi) is 7.55. The van der Waals surface area contributed by atoms with Crippen LogP contribution < -0.4 is 5.32 Å². The third kappa shape index (κ3) is 5.39. The lowest BCUT2D eigenvalue weighted by Crippen LogP contribution is -2.14. The Balaban J connectivity index is 1.29. The number of thioether (sulfide) groups is 1. The molecule has 188 valence electrons. The minimum Gasteiger partial charge on any atom is -0.302 e. The molecule has 5 rings (SSSR count). The second-order valence-corrected chi connectivity index (χ2v) is 11.6. The number of hydrogen-bond acceptors (Lipinski definition) is 7. The van der Waals surface area contributed by atoms with Gasteiger partial charge in [0, 0.05) is 38.9 Å². The number of hydrogen-bond donors (Lipinski definition) is 1. The quantitative estimate of drug-likeness (QED) is 0.205. The normalized spacial score (nSPS) is 11.1. The van der Waals surface area contributed by atoms with Gasteiger partial charge in [0.15, 0.2) is 16.1 Å². The Hall–Kier alpha value is -3.27. The molecular weight excluding hydrogens is 519 g/mol. The predicted octanol–water partition coefficient (Wildman–Crippen LogP) is 7.47. The second kappa shape index (κ2) is 11.0.